The first-order chi connectivity index (χ1) is 5.68. The van der Waals surface area contributed by atoms with E-state index in [4.69, 9.17) is 5.11 Å². The molecule has 2 N–H and O–H groups in total. The number of carboxylic acids is 1. The number of rotatable bonds is 1. The van der Waals surface area contributed by atoms with E-state index in [0.717, 1.165) is 11.0 Å². The Bertz CT molecular complexity index is 439. The molecule has 0 aromatic carbocycles. The lowest BCUT2D eigenvalue weighted by molar-refractivity contribution is 0.0691. The van der Waals surface area contributed by atoms with Crippen LogP contribution in [0.15, 0.2) is 18.3 Å². The first kappa shape index (κ1) is 6.97. The third kappa shape index (κ3) is 0.812. The van der Waals surface area contributed by atoms with Gasteiger partial charge in [-0.15, -0.1) is 0 Å². The summed E-state index contributed by atoms with van der Waals surface area (Å²) in [5.74, 6) is -0.925. The molecule has 0 saturated heterocycles. The van der Waals surface area contributed by atoms with E-state index < -0.39 is 5.97 Å². The number of carboxylic acid groups (broad SMARTS) is 1. The second-order valence-electron chi connectivity index (χ2n) is 2.71. The predicted molar refractivity (Wildman–Crippen MR) is 44.2 cm³/mol. The van der Waals surface area contributed by atoms with Crippen molar-refractivity contribution in [3.05, 3.63) is 24.0 Å². The number of H-pyrrole nitrogens is 1. The van der Waals surface area contributed by atoms with Crippen LogP contribution in [0.25, 0.3) is 11.0 Å². The van der Waals surface area contributed by atoms with E-state index in [9.17, 15) is 4.79 Å². The fraction of sp³-hybridized carbons (Fsp3) is 0.125. The molecule has 0 aliphatic carbocycles. The molecule has 0 amide bonds. The number of aromatic amines is 1. The molecule has 2 rings (SSSR count). The summed E-state index contributed by atoms with van der Waals surface area (Å²) < 4.78 is 1.87. The number of carbonyl (C=O) groups is 1. The highest BCUT2D eigenvalue weighted by molar-refractivity contribution is 5.92. The van der Waals surface area contributed by atoms with Gasteiger partial charge in [-0.2, -0.15) is 0 Å². The van der Waals surface area contributed by atoms with Crippen molar-refractivity contribution in [3.8, 4) is 0 Å². The molecule has 0 saturated carbocycles. The van der Waals surface area contributed by atoms with E-state index in [1.807, 2.05) is 23.9 Å². The zero-order valence-electron chi connectivity index (χ0n) is 6.53. The number of hydrogen-bond acceptors (Lipinski definition) is 1. The first-order valence-electron chi connectivity index (χ1n) is 3.56. The van der Waals surface area contributed by atoms with Crippen LogP contribution in [0.4, 0.5) is 0 Å². The summed E-state index contributed by atoms with van der Waals surface area (Å²) >= 11 is 0. The monoisotopic (exact) mass is 164 g/mol. The van der Waals surface area contributed by atoms with Crippen LogP contribution in [0, 0.1) is 0 Å². The quantitative estimate of drug-likeness (QED) is 0.665. The average Bonchev–Trinajstić information content (AvgIpc) is 2.53. The minimum Gasteiger partial charge on any atom is -0.477 e. The number of aromatic nitrogens is 2. The third-order valence-electron chi connectivity index (χ3n) is 1.90. The normalized spacial score (nSPS) is 10.8. The Morgan fingerprint density at radius 2 is 2.42 bits per heavy atom. The molecule has 62 valence electrons. The molecule has 2 heterocycles. The Morgan fingerprint density at radius 3 is 3.00 bits per heavy atom. The maximum atomic E-state index is 10.5. The van der Waals surface area contributed by atoms with Crippen molar-refractivity contribution < 1.29 is 9.90 Å². The molecule has 0 aliphatic heterocycles. The number of aryl methyl sites for hydroxylation is 1. The SMILES string of the molecule is Cn1ccc2[nH]c(C(=O)O)cc21. The van der Waals surface area contributed by atoms with Gasteiger partial charge in [0.05, 0.1) is 11.0 Å². The molecule has 0 fully saturated rings. The van der Waals surface area contributed by atoms with Crippen LogP contribution in [0.5, 0.6) is 0 Å². The van der Waals surface area contributed by atoms with Gasteiger partial charge in [0, 0.05) is 13.2 Å². The number of nitrogens with one attached hydrogen (secondary N) is 1. The summed E-state index contributed by atoms with van der Waals surface area (Å²) in [5.41, 5.74) is 2.00. The smallest absolute Gasteiger partial charge is 0.352 e. The van der Waals surface area contributed by atoms with Crippen molar-refractivity contribution in [3.63, 3.8) is 0 Å². The molecule has 0 radical (unpaired) electrons. The second kappa shape index (κ2) is 2.14. The third-order valence-corrected chi connectivity index (χ3v) is 1.90. The van der Waals surface area contributed by atoms with Gasteiger partial charge in [-0.3, -0.25) is 0 Å². The van der Waals surface area contributed by atoms with Gasteiger partial charge in [-0.25, -0.2) is 4.79 Å². The Morgan fingerprint density at radius 1 is 1.67 bits per heavy atom. The van der Waals surface area contributed by atoms with Crippen molar-refractivity contribution in [1.29, 1.82) is 0 Å². The molecule has 0 bridgehead atoms. The standard InChI is InChI=1S/C8H8N2O2/c1-10-3-2-5-7(10)4-6(9-5)8(11)12/h2-4,9H,1H3,(H,11,12). The van der Waals surface area contributed by atoms with Crippen molar-refractivity contribution in [1.82, 2.24) is 9.55 Å². The number of fused-ring (bicyclic) bond motifs is 1. The molecular weight excluding hydrogens is 156 g/mol. The summed E-state index contributed by atoms with van der Waals surface area (Å²) in [6.45, 7) is 0. The van der Waals surface area contributed by atoms with Gasteiger partial charge in [0.25, 0.3) is 0 Å². The Labute approximate surface area is 68.4 Å². The van der Waals surface area contributed by atoms with E-state index in [2.05, 4.69) is 4.98 Å². The lowest BCUT2D eigenvalue weighted by Gasteiger charge is -1.87. The largest absolute Gasteiger partial charge is 0.477 e. The summed E-state index contributed by atoms with van der Waals surface area (Å²) in [4.78, 5) is 13.3. The highest BCUT2D eigenvalue weighted by atomic mass is 16.4. The summed E-state index contributed by atoms with van der Waals surface area (Å²) in [6, 6.07) is 3.47. The lowest BCUT2D eigenvalue weighted by Crippen LogP contribution is -1.95. The molecule has 12 heavy (non-hydrogen) atoms. The van der Waals surface area contributed by atoms with Crippen molar-refractivity contribution in [2.24, 2.45) is 7.05 Å². The van der Waals surface area contributed by atoms with E-state index in [-0.39, 0.29) is 5.69 Å². The molecular formula is C8H8N2O2. The van der Waals surface area contributed by atoms with Gasteiger partial charge in [0.2, 0.25) is 0 Å². The summed E-state index contributed by atoms with van der Waals surface area (Å²) in [7, 11) is 1.88. The first-order valence-corrected chi connectivity index (χ1v) is 3.56. The predicted octanol–water partition coefficient (Wildman–Crippen LogP) is 1.20. The zero-order valence-corrected chi connectivity index (χ0v) is 6.53. The molecule has 4 heteroatoms. The average molecular weight is 164 g/mol. The van der Waals surface area contributed by atoms with Crippen LogP contribution >= 0.6 is 0 Å². The lowest BCUT2D eigenvalue weighted by atomic mass is 10.4. The fourth-order valence-corrected chi connectivity index (χ4v) is 1.26. The maximum absolute atomic E-state index is 10.5. The van der Waals surface area contributed by atoms with Gasteiger partial charge < -0.3 is 14.7 Å². The van der Waals surface area contributed by atoms with E-state index in [0.29, 0.717) is 0 Å². The second-order valence-corrected chi connectivity index (χ2v) is 2.71. The molecule has 0 aliphatic rings. The molecule has 2 aromatic rings. The van der Waals surface area contributed by atoms with Crippen LogP contribution < -0.4 is 0 Å². The van der Waals surface area contributed by atoms with Crippen LogP contribution in [0.2, 0.25) is 0 Å². The van der Waals surface area contributed by atoms with Gasteiger partial charge in [0.1, 0.15) is 5.69 Å². The Kier molecular flexibility index (Phi) is 1.24. The van der Waals surface area contributed by atoms with Crippen LogP contribution in [-0.4, -0.2) is 20.6 Å². The minimum atomic E-state index is -0.925. The van der Waals surface area contributed by atoms with Crippen molar-refractivity contribution >= 4 is 17.0 Å². The molecule has 0 unspecified atom stereocenters. The van der Waals surface area contributed by atoms with Crippen LogP contribution in [-0.2, 0) is 7.05 Å². The van der Waals surface area contributed by atoms with Gasteiger partial charge in [-0.1, -0.05) is 0 Å². The Hall–Kier alpha value is -1.71. The molecule has 2 aromatic heterocycles. The highest BCUT2D eigenvalue weighted by Gasteiger charge is 2.08. The van der Waals surface area contributed by atoms with Crippen LogP contribution in [0.1, 0.15) is 10.5 Å². The molecule has 4 nitrogen and oxygen atoms in total. The topological polar surface area (TPSA) is 58.0 Å². The van der Waals surface area contributed by atoms with Crippen molar-refractivity contribution in [2.75, 3.05) is 0 Å². The van der Waals surface area contributed by atoms with Gasteiger partial charge in [-0.05, 0) is 12.1 Å². The van der Waals surface area contributed by atoms with Gasteiger partial charge >= 0.3 is 5.97 Å². The van der Waals surface area contributed by atoms with Gasteiger partial charge in [0.15, 0.2) is 0 Å². The zero-order chi connectivity index (χ0) is 8.72. The van der Waals surface area contributed by atoms with E-state index in [1.54, 1.807) is 6.07 Å². The highest BCUT2D eigenvalue weighted by Crippen LogP contribution is 2.15. The fourth-order valence-electron chi connectivity index (χ4n) is 1.26. The van der Waals surface area contributed by atoms with Crippen molar-refractivity contribution in [2.45, 2.75) is 0 Å². The van der Waals surface area contributed by atoms with E-state index in [1.165, 1.54) is 0 Å². The number of aromatic carboxylic acids is 1. The number of nitrogens with zero attached hydrogens (tertiary/aromatic N) is 1. The van der Waals surface area contributed by atoms with E-state index >= 15 is 0 Å². The molecule has 0 atom stereocenters. The number of hydrogen-bond donors (Lipinski definition) is 2. The minimum absolute atomic E-state index is 0.233. The summed E-state index contributed by atoms with van der Waals surface area (Å²) in [6.07, 6.45) is 1.88. The van der Waals surface area contributed by atoms with Crippen LogP contribution in [0.3, 0.4) is 0 Å². The molecule has 0 spiro atoms. The Balaban J connectivity index is 2.70. The summed E-state index contributed by atoms with van der Waals surface area (Å²) in [5, 5.41) is 8.65. The maximum Gasteiger partial charge on any atom is 0.352 e.